The Labute approximate surface area is 200 Å². The molecule has 0 saturated heterocycles. The second-order valence-corrected chi connectivity index (χ2v) is 10.6. The van der Waals surface area contributed by atoms with Gasteiger partial charge in [0.2, 0.25) is 5.52 Å². The Morgan fingerprint density at radius 1 is 0.879 bits per heavy atom. The van der Waals surface area contributed by atoms with Crippen LogP contribution in [0.3, 0.4) is 0 Å². The Kier molecular flexibility index (Phi) is 10.3. The topological polar surface area (TPSA) is 54.0 Å². The molecule has 0 spiro atoms. The van der Waals surface area contributed by atoms with E-state index in [0.29, 0.717) is 44.5 Å². The lowest BCUT2D eigenvalue weighted by Crippen LogP contribution is -2.19. The van der Waals surface area contributed by atoms with E-state index in [-0.39, 0.29) is 10.9 Å². The van der Waals surface area contributed by atoms with Crippen LogP contribution in [-0.2, 0) is 14.7 Å². The van der Waals surface area contributed by atoms with Crippen molar-refractivity contribution in [2.45, 2.75) is 60.8 Å². The molecule has 33 heavy (non-hydrogen) atoms. The van der Waals surface area contributed by atoms with E-state index in [1.54, 1.807) is 0 Å². The summed E-state index contributed by atoms with van der Waals surface area (Å²) in [4.78, 5) is 14.0. The molecule has 0 saturated carbocycles. The third kappa shape index (κ3) is 7.27. The number of rotatable bonds is 12. The van der Waals surface area contributed by atoms with Gasteiger partial charge in [0.05, 0.1) is 31.7 Å². The van der Waals surface area contributed by atoms with Crippen molar-refractivity contribution in [3.8, 4) is 11.5 Å². The quantitative estimate of drug-likeness (QED) is 0.266. The van der Waals surface area contributed by atoms with Crippen LogP contribution in [0.25, 0.3) is 0 Å². The Hall–Kier alpha value is -1.94. The predicted molar refractivity (Wildman–Crippen MR) is 137 cm³/mol. The van der Waals surface area contributed by atoms with Gasteiger partial charge in [-0.25, -0.2) is 0 Å². The van der Waals surface area contributed by atoms with Crippen LogP contribution in [0.2, 0.25) is 0 Å². The minimum Gasteiger partial charge on any atom is -0.494 e. The summed E-state index contributed by atoms with van der Waals surface area (Å²) in [5.74, 6) is 1.34. The van der Waals surface area contributed by atoms with Crippen molar-refractivity contribution in [2.75, 3.05) is 33.0 Å². The van der Waals surface area contributed by atoms with Gasteiger partial charge in [0, 0.05) is 18.2 Å². The van der Waals surface area contributed by atoms with Crippen LogP contribution >= 0.6 is 8.15 Å². The van der Waals surface area contributed by atoms with Gasteiger partial charge in [-0.2, -0.15) is 0 Å². The monoisotopic (exact) mass is 474 g/mol. The molecule has 1 atom stereocenters. The highest BCUT2D eigenvalue weighted by atomic mass is 31.1. The van der Waals surface area contributed by atoms with Crippen molar-refractivity contribution in [3.05, 3.63) is 52.6 Å². The van der Waals surface area contributed by atoms with E-state index in [2.05, 4.69) is 32.9 Å². The largest absolute Gasteiger partial charge is 0.494 e. The normalized spacial score (nSPS) is 12.5. The van der Waals surface area contributed by atoms with Gasteiger partial charge in [-0.1, -0.05) is 32.9 Å². The summed E-state index contributed by atoms with van der Waals surface area (Å²) < 4.78 is 23.2. The molecular weight excluding hydrogens is 435 g/mol. The molecule has 0 bridgehead atoms. The molecule has 5 nitrogen and oxygen atoms in total. The molecule has 0 aliphatic carbocycles. The van der Waals surface area contributed by atoms with Crippen molar-refractivity contribution in [2.24, 2.45) is 0 Å². The highest BCUT2D eigenvalue weighted by Gasteiger charge is 2.30. The molecule has 0 heterocycles. The summed E-state index contributed by atoms with van der Waals surface area (Å²) in [5, 5.41) is 0.760. The number of hydrogen-bond acceptors (Lipinski definition) is 5. The molecule has 0 aliphatic heterocycles. The second kappa shape index (κ2) is 12.5. The Bertz CT molecular complexity index is 910. The molecule has 0 aromatic heterocycles. The first-order chi connectivity index (χ1) is 15.6. The van der Waals surface area contributed by atoms with Gasteiger partial charge in [-0.3, -0.25) is 4.79 Å². The van der Waals surface area contributed by atoms with Crippen molar-refractivity contribution in [1.82, 2.24) is 0 Å². The van der Waals surface area contributed by atoms with Gasteiger partial charge in [0.1, 0.15) is 19.6 Å². The SMILES string of the molecule is CCOCCOP(C(=O)c1c(C)cc(C(C)(C)C)cc1C)c1ccc(OCC)cc1OCC. The number of aryl methyl sites for hydroxylation is 2. The zero-order valence-electron chi connectivity index (χ0n) is 21.4. The van der Waals surface area contributed by atoms with Crippen molar-refractivity contribution in [3.63, 3.8) is 0 Å². The van der Waals surface area contributed by atoms with Crippen LogP contribution in [0.5, 0.6) is 11.5 Å². The van der Waals surface area contributed by atoms with E-state index in [0.717, 1.165) is 22.0 Å². The highest BCUT2D eigenvalue weighted by molar-refractivity contribution is 7.78. The molecule has 2 aromatic rings. The summed E-state index contributed by atoms with van der Waals surface area (Å²) in [5.41, 5.74) is 3.87. The molecule has 1 unspecified atom stereocenters. The molecule has 0 N–H and O–H groups in total. The van der Waals surface area contributed by atoms with E-state index >= 15 is 0 Å². The fourth-order valence-electron chi connectivity index (χ4n) is 3.59. The molecule has 182 valence electrons. The van der Waals surface area contributed by atoms with Crippen molar-refractivity contribution < 1.29 is 23.5 Å². The number of carbonyl (C=O) groups excluding carboxylic acids is 1. The second-order valence-electron chi connectivity index (χ2n) is 8.86. The van der Waals surface area contributed by atoms with E-state index in [1.165, 1.54) is 5.56 Å². The molecule has 6 heteroatoms. The van der Waals surface area contributed by atoms with Gasteiger partial charge in [-0.05, 0) is 68.9 Å². The Balaban J connectivity index is 2.53. The van der Waals surface area contributed by atoms with E-state index in [4.69, 9.17) is 18.7 Å². The average molecular weight is 475 g/mol. The van der Waals surface area contributed by atoms with Crippen LogP contribution < -0.4 is 14.8 Å². The average Bonchev–Trinajstić information content (AvgIpc) is 2.74. The third-order valence-electron chi connectivity index (χ3n) is 5.21. The number of carbonyl (C=O) groups is 1. The van der Waals surface area contributed by atoms with E-state index < -0.39 is 8.15 Å². The standard InChI is InChI=1S/C27H39O5P/c1-9-29-14-15-32-33(24-13-12-22(30-10-2)18-23(24)31-11-3)26(28)25-19(4)16-21(17-20(25)5)27(6,7)8/h12-13,16-18H,9-11,14-15H2,1-8H3. The lowest BCUT2D eigenvalue weighted by atomic mass is 9.84. The molecule has 0 radical (unpaired) electrons. The lowest BCUT2D eigenvalue weighted by Gasteiger charge is -2.24. The molecule has 0 aliphatic rings. The van der Waals surface area contributed by atoms with Crippen molar-refractivity contribution >= 4 is 19.0 Å². The van der Waals surface area contributed by atoms with Gasteiger partial charge in [-0.15, -0.1) is 0 Å². The third-order valence-corrected chi connectivity index (χ3v) is 7.05. The fraction of sp³-hybridized carbons (Fsp3) is 0.519. The first kappa shape index (κ1) is 27.3. The molecular formula is C27H39O5P. The molecule has 0 amide bonds. The highest BCUT2D eigenvalue weighted by Crippen LogP contribution is 2.45. The molecule has 0 fully saturated rings. The maximum absolute atomic E-state index is 14.0. The summed E-state index contributed by atoms with van der Waals surface area (Å²) >= 11 is 0. The van der Waals surface area contributed by atoms with Gasteiger partial charge in [0.25, 0.3) is 0 Å². The van der Waals surface area contributed by atoms with Gasteiger partial charge < -0.3 is 18.7 Å². The first-order valence-electron chi connectivity index (χ1n) is 11.7. The van der Waals surface area contributed by atoms with Crippen LogP contribution in [0.1, 0.15) is 68.6 Å². The van der Waals surface area contributed by atoms with Crippen molar-refractivity contribution in [1.29, 1.82) is 0 Å². The van der Waals surface area contributed by atoms with E-state index in [1.807, 2.05) is 52.8 Å². The van der Waals surface area contributed by atoms with Gasteiger partial charge in [0.15, 0.2) is 0 Å². The zero-order valence-corrected chi connectivity index (χ0v) is 22.3. The number of hydrogen-bond donors (Lipinski definition) is 0. The van der Waals surface area contributed by atoms with Gasteiger partial charge >= 0.3 is 0 Å². The summed E-state index contributed by atoms with van der Waals surface area (Å²) in [6.45, 7) is 18.8. The maximum atomic E-state index is 14.0. The van der Waals surface area contributed by atoms with Crippen LogP contribution in [0.15, 0.2) is 30.3 Å². The van der Waals surface area contributed by atoms with Crippen LogP contribution in [0, 0.1) is 13.8 Å². The Morgan fingerprint density at radius 3 is 2.06 bits per heavy atom. The smallest absolute Gasteiger partial charge is 0.216 e. The minimum atomic E-state index is -1.63. The fourth-order valence-corrected chi connectivity index (χ4v) is 5.42. The lowest BCUT2D eigenvalue weighted by molar-refractivity contribution is 0.102. The summed E-state index contributed by atoms with van der Waals surface area (Å²) in [6.07, 6.45) is 0. The summed E-state index contributed by atoms with van der Waals surface area (Å²) in [6, 6.07) is 9.86. The van der Waals surface area contributed by atoms with E-state index in [9.17, 15) is 4.79 Å². The first-order valence-corrected chi connectivity index (χ1v) is 13.0. The van der Waals surface area contributed by atoms with Crippen LogP contribution in [0.4, 0.5) is 0 Å². The number of benzene rings is 2. The zero-order chi connectivity index (χ0) is 24.6. The molecule has 2 rings (SSSR count). The minimum absolute atomic E-state index is 0.00701. The Morgan fingerprint density at radius 2 is 1.52 bits per heavy atom. The van der Waals surface area contributed by atoms with Crippen LogP contribution in [-0.4, -0.2) is 38.6 Å². The predicted octanol–water partition coefficient (Wildman–Crippen LogP) is 6.31. The summed E-state index contributed by atoms with van der Waals surface area (Å²) in [7, 11) is -1.63. The number of ether oxygens (including phenoxy) is 3. The molecule has 2 aromatic carbocycles. The maximum Gasteiger partial charge on any atom is 0.216 e.